The summed E-state index contributed by atoms with van der Waals surface area (Å²) in [7, 11) is 0. The zero-order valence-electron chi connectivity index (χ0n) is 20.4. The first-order valence-corrected chi connectivity index (χ1v) is 14.9. The number of hydrogen-bond acceptors (Lipinski definition) is 6. The van der Waals surface area contributed by atoms with Crippen LogP contribution in [-0.4, -0.2) is 18.5 Å². The van der Waals surface area contributed by atoms with E-state index >= 15 is 0 Å². The number of aryl methyl sites for hydroxylation is 1. The van der Waals surface area contributed by atoms with Crippen LogP contribution in [0, 0.1) is 24.3 Å². The summed E-state index contributed by atoms with van der Waals surface area (Å²) in [6.07, 6.45) is 5.03. The van der Waals surface area contributed by atoms with E-state index in [1.54, 1.807) is 31.2 Å². The lowest BCUT2D eigenvalue weighted by atomic mass is 9.95. The second-order valence-corrected chi connectivity index (χ2v) is 12.0. The molecule has 38 heavy (non-hydrogen) atoms. The average molecular weight is 756 g/mol. The van der Waals surface area contributed by atoms with E-state index in [1.807, 2.05) is 12.1 Å². The smallest absolute Gasteiger partial charge is 0.341 e. The van der Waals surface area contributed by atoms with Crippen LogP contribution in [0.5, 0.6) is 5.75 Å². The predicted molar refractivity (Wildman–Crippen MR) is 162 cm³/mol. The Morgan fingerprint density at radius 3 is 2.71 bits per heavy atom. The van der Waals surface area contributed by atoms with Gasteiger partial charge in [-0.1, -0.05) is 18.2 Å². The Balaban J connectivity index is 1.65. The fraction of sp³-hybridized carbons (Fsp3) is 0.250. The Labute approximate surface area is 251 Å². The van der Waals surface area contributed by atoms with Crippen molar-refractivity contribution < 1.29 is 23.5 Å². The van der Waals surface area contributed by atoms with E-state index in [9.17, 15) is 19.2 Å². The quantitative estimate of drug-likeness (QED) is 0.113. The molecule has 0 fully saturated rings. The van der Waals surface area contributed by atoms with Gasteiger partial charge in [0.25, 0.3) is 5.91 Å². The van der Waals surface area contributed by atoms with Gasteiger partial charge in [0.15, 0.2) is 0 Å². The highest BCUT2D eigenvalue weighted by molar-refractivity contribution is 14.1. The number of halogens is 3. The van der Waals surface area contributed by atoms with Crippen LogP contribution >= 0.6 is 56.5 Å². The van der Waals surface area contributed by atoms with Gasteiger partial charge in [0, 0.05) is 19.6 Å². The summed E-state index contributed by atoms with van der Waals surface area (Å²) >= 11 is 5.62. The molecule has 0 aliphatic heterocycles. The number of amides is 1. The molecule has 0 radical (unpaired) electrons. The van der Waals surface area contributed by atoms with Crippen molar-refractivity contribution in [1.82, 2.24) is 0 Å². The minimum absolute atomic E-state index is 0.0121. The molecule has 0 spiro atoms. The van der Waals surface area contributed by atoms with Gasteiger partial charge in [0.05, 0.1) is 15.7 Å². The van der Waals surface area contributed by atoms with E-state index in [1.165, 1.54) is 23.5 Å². The topological polar surface area (TPSA) is 88.4 Å². The molecule has 10 heteroatoms. The highest BCUT2D eigenvalue weighted by Crippen LogP contribution is 2.39. The lowest BCUT2D eigenvalue weighted by Crippen LogP contribution is -2.16. The minimum Gasteiger partial charge on any atom is -0.487 e. The first-order valence-electron chi connectivity index (χ1n) is 11.9. The number of rotatable bonds is 8. The van der Waals surface area contributed by atoms with Gasteiger partial charge in [0.1, 0.15) is 34.8 Å². The van der Waals surface area contributed by atoms with Crippen molar-refractivity contribution in [3.63, 3.8) is 0 Å². The van der Waals surface area contributed by atoms with E-state index in [-0.39, 0.29) is 24.6 Å². The largest absolute Gasteiger partial charge is 0.487 e. The van der Waals surface area contributed by atoms with Crippen LogP contribution in [0.4, 0.5) is 9.39 Å². The molecule has 1 aromatic heterocycles. The van der Waals surface area contributed by atoms with Gasteiger partial charge in [-0.05, 0) is 108 Å². The number of fused-ring (bicyclic) bond motifs is 1. The molecule has 6 nitrogen and oxygen atoms in total. The minimum atomic E-state index is -0.634. The predicted octanol–water partition coefficient (Wildman–Crippen LogP) is 7.28. The van der Waals surface area contributed by atoms with Crippen molar-refractivity contribution in [3.05, 3.63) is 82.1 Å². The van der Waals surface area contributed by atoms with Crippen LogP contribution in [0.25, 0.3) is 6.08 Å². The summed E-state index contributed by atoms with van der Waals surface area (Å²) in [4.78, 5) is 27.1. The second kappa shape index (κ2) is 13.0. The van der Waals surface area contributed by atoms with E-state index in [0.29, 0.717) is 27.4 Å². The molecule has 4 rings (SSSR count). The Morgan fingerprint density at radius 2 is 1.97 bits per heavy atom. The molecule has 0 saturated carbocycles. The number of benzene rings is 2. The van der Waals surface area contributed by atoms with Gasteiger partial charge in [-0.2, -0.15) is 5.26 Å². The number of esters is 1. The van der Waals surface area contributed by atoms with Gasteiger partial charge < -0.3 is 14.8 Å². The maximum atomic E-state index is 14.1. The fourth-order valence-corrected chi connectivity index (χ4v) is 7.47. The van der Waals surface area contributed by atoms with Crippen molar-refractivity contribution >= 4 is 79.5 Å². The summed E-state index contributed by atoms with van der Waals surface area (Å²) in [5.74, 6) is -1.04. The van der Waals surface area contributed by atoms with Crippen LogP contribution in [0.15, 0.2) is 42.0 Å². The summed E-state index contributed by atoms with van der Waals surface area (Å²) < 4.78 is 27.0. The van der Waals surface area contributed by atoms with Gasteiger partial charge in [-0.25, -0.2) is 9.18 Å². The van der Waals surface area contributed by atoms with Crippen LogP contribution in [0.2, 0.25) is 0 Å². The highest BCUT2D eigenvalue weighted by Gasteiger charge is 2.28. The molecule has 196 valence electrons. The fourth-order valence-electron chi connectivity index (χ4n) is 4.15. The zero-order chi connectivity index (χ0) is 27.2. The number of hydrogen-bond donors (Lipinski definition) is 1. The first-order chi connectivity index (χ1) is 18.3. The van der Waals surface area contributed by atoms with Gasteiger partial charge in [0.2, 0.25) is 0 Å². The average Bonchev–Trinajstić information content (AvgIpc) is 3.25. The molecule has 2 aromatic carbocycles. The number of thiophene rings is 1. The maximum Gasteiger partial charge on any atom is 0.341 e. The Hall–Kier alpha value is -2.50. The monoisotopic (exact) mass is 756 g/mol. The normalized spacial score (nSPS) is 12.9. The van der Waals surface area contributed by atoms with Crippen LogP contribution in [-0.2, 0) is 29.0 Å². The van der Waals surface area contributed by atoms with E-state index in [2.05, 4.69) is 50.5 Å². The molecule has 0 atom stereocenters. The summed E-state index contributed by atoms with van der Waals surface area (Å²) in [5, 5.41) is 13.1. The van der Waals surface area contributed by atoms with E-state index in [4.69, 9.17) is 9.47 Å². The van der Waals surface area contributed by atoms with Gasteiger partial charge in [-0.15, -0.1) is 11.3 Å². The third kappa shape index (κ3) is 6.55. The molecular formula is C28H23FI2N2O4S. The lowest BCUT2D eigenvalue weighted by molar-refractivity contribution is -0.112. The standard InChI is InChI=1S/C28H23FI2N2O4S/c1-2-36-28(35)24-20-8-4-6-10-23(20)38-27(24)33-26(34)18(14-32)11-17-12-19(30)13-22(31)25(17)37-15-16-7-3-5-9-21(16)29/h3,5,7,9,11-13H,2,4,6,8,10,15H2,1H3,(H,33,34)/b18-11+. The van der Waals surface area contributed by atoms with Crippen molar-refractivity contribution in [2.75, 3.05) is 11.9 Å². The molecular weight excluding hydrogens is 733 g/mol. The highest BCUT2D eigenvalue weighted by atomic mass is 127. The number of nitrogens with one attached hydrogen (secondary N) is 1. The third-order valence-electron chi connectivity index (χ3n) is 5.91. The molecule has 0 bridgehead atoms. The van der Waals surface area contributed by atoms with E-state index in [0.717, 1.165) is 43.3 Å². The molecule has 1 amide bonds. The molecule has 3 aromatic rings. The Morgan fingerprint density at radius 1 is 1.21 bits per heavy atom. The first kappa shape index (κ1) is 28.5. The van der Waals surface area contributed by atoms with Crippen molar-refractivity contribution in [1.29, 1.82) is 5.26 Å². The summed E-state index contributed by atoms with van der Waals surface area (Å²) in [6, 6.07) is 12.0. The third-order valence-corrected chi connectivity index (χ3v) is 8.54. The molecule has 1 aliphatic carbocycles. The van der Waals surface area contributed by atoms with Crippen LogP contribution < -0.4 is 10.1 Å². The number of nitriles is 1. The molecule has 1 aliphatic rings. The zero-order valence-corrected chi connectivity index (χ0v) is 25.5. The van der Waals surface area contributed by atoms with Gasteiger partial charge >= 0.3 is 5.97 Å². The maximum absolute atomic E-state index is 14.1. The number of carbonyl (C=O) groups excluding carboxylic acids is 2. The molecule has 0 unspecified atom stereocenters. The van der Waals surface area contributed by atoms with Crippen molar-refractivity contribution in [3.8, 4) is 11.8 Å². The van der Waals surface area contributed by atoms with Gasteiger partial charge in [-0.3, -0.25) is 4.79 Å². The Bertz CT molecular complexity index is 1460. The SMILES string of the molecule is CCOC(=O)c1c(NC(=O)/C(C#N)=C/c2cc(I)cc(I)c2OCc2ccccc2F)sc2c1CCCC2. The Kier molecular flexibility index (Phi) is 9.78. The number of ether oxygens (including phenoxy) is 2. The number of nitrogens with zero attached hydrogens (tertiary/aromatic N) is 1. The molecule has 0 saturated heterocycles. The number of anilines is 1. The van der Waals surface area contributed by atoms with Crippen LogP contribution in [0.3, 0.4) is 0 Å². The van der Waals surface area contributed by atoms with Crippen LogP contribution in [0.1, 0.15) is 51.7 Å². The number of carbonyl (C=O) groups is 2. The van der Waals surface area contributed by atoms with E-state index < -0.39 is 11.9 Å². The summed E-state index contributed by atoms with van der Waals surface area (Å²) in [5.41, 5.74) is 2.06. The van der Waals surface area contributed by atoms with Crippen molar-refractivity contribution in [2.24, 2.45) is 0 Å². The molecule has 1 N–H and O–H groups in total. The lowest BCUT2D eigenvalue weighted by Gasteiger charge is -2.13. The molecule has 1 heterocycles. The summed E-state index contributed by atoms with van der Waals surface area (Å²) in [6.45, 7) is 1.95. The van der Waals surface area contributed by atoms with Crippen molar-refractivity contribution in [2.45, 2.75) is 39.2 Å². The second-order valence-electron chi connectivity index (χ2n) is 8.45.